The number of hydrogen-bond donors (Lipinski definition) is 1. The molecule has 1 aromatic rings. The molecule has 1 N–H and O–H groups in total. The average Bonchev–Trinajstić information content (AvgIpc) is 2.72. The Bertz CT molecular complexity index is 363. The largest absolute Gasteiger partial charge is 0.317 e. The van der Waals surface area contributed by atoms with E-state index in [1.54, 1.807) is 0 Å². The van der Waals surface area contributed by atoms with E-state index in [0.717, 1.165) is 38.2 Å². The molecule has 0 spiro atoms. The molecule has 0 bridgehead atoms. The molecule has 0 aromatic carbocycles. The van der Waals surface area contributed by atoms with Crippen molar-refractivity contribution in [2.45, 2.75) is 51.4 Å². The Morgan fingerprint density at radius 1 is 1.29 bits per heavy atom. The zero-order chi connectivity index (χ0) is 12.3. The van der Waals surface area contributed by atoms with Gasteiger partial charge in [-0.3, -0.25) is 4.68 Å². The van der Waals surface area contributed by atoms with Gasteiger partial charge < -0.3 is 5.32 Å². The Morgan fingerprint density at radius 2 is 2.00 bits per heavy atom. The summed E-state index contributed by atoms with van der Waals surface area (Å²) in [5, 5.41) is 7.99. The predicted octanol–water partition coefficient (Wildman–Crippen LogP) is 1.80. The first-order valence-electron chi connectivity index (χ1n) is 6.83. The molecule has 2 heterocycles. The minimum Gasteiger partial charge on any atom is -0.317 e. The van der Waals surface area contributed by atoms with Crippen molar-refractivity contribution in [2.75, 3.05) is 13.1 Å². The van der Waals surface area contributed by atoms with Crippen LogP contribution < -0.4 is 5.32 Å². The van der Waals surface area contributed by atoms with Crippen molar-refractivity contribution in [3.8, 4) is 0 Å². The quantitative estimate of drug-likeness (QED) is 0.867. The Kier molecular flexibility index (Phi) is 3.82. The first-order valence-corrected chi connectivity index (χ1v) is 6.83. The van der Waals surface area contributed by atoms with Gasteiger partial charge in [-0.05, 0) is 38.8 Å². The summed E-state index contributed by atoms with van der Waals surface area (Å²) in [4.78, 5) is 4.79. The van der Waals surface area contributed by atoms with Crippen LogP contribution in [0.3, 0.4) is 0 Å². The monoisotopic (exact) mass is 236 g/mol. The second-order valence-electron chi connectivity index (χ2n) is 5.11. The van der Waals surface area contributed by atoms with E-state index in [2.05, 4.69) is 24.3 Å². The molecule has 17 heavy (non-hydrogen) atoms. The number of aromatic nitrogens is 3. The van der Waals surface area contributed by atoms with Gasteiger partial charge in [0.05, 0.1) is 0 Å². The molecule has 96 valence electrons. The fourth-order valence-corrected chi connectivity index (χ4v) is 2.87. The van der Waals surface area contributed by atoms with Crippen molar-refractivity contribution in [3.63, 3.8) is 0 Å². The summed E-state index contributed by atoms with van der Waals surface area (Å²) in [7, 11) is 2.04. The highest BCUT2D eigenvalue weighted by Crippen LogP contribution is 2.35. The van der Waals surface area contributed by atoms with Gasteiger partial charge in [0.15, 0.2) is 5.82 Å². The molecule has 0 aliphatic carbocycles. The van der Waals surface area contributed by atoms with Crippen molar-refractivity contribution in [2.24, 2.45) is 7.05 Å². The summed E-state index contributed by atoms with van der Waals surface area (Å²) in [6.45, 7) is 6.66. The van der Waals surface area contributed by atoms with Crippen LogP contribution >= 0.6 is 0 Å². The maximum Gasteiger partial charge on any atom is 0.150 e. The van der Waals surface area contributed by atoms with Crippen LogP contribution in [-0.4, -0.2) is 27.9 Å². The van der Waals surface area contributed by atoms with Crippen molar-refractivity contribution in [1.82, 2.24) is 20.1 Å². The molecule has 1 aliphatic heterocycles. The molecule has 0 amide bonds. The molecule has 1 saturated heterocycles. The summed E-state index contributed by atoms with van der Waals surface area (Å²) in [5.41, 5.74) is 0.249. The summed E-state index contributed by atoms with van der Waals surface area (Å²) < 4.78 is 2.01. The van der Waals surface area contributed by atoms with E-state index >= 15 is 0 Å². The first kappa shape index (κ1) is 12.6. The SMILES string of the molecule is CCCc1nc(C2(CC)CCNCC2)n(C)n1. The van der Waals surface area contributed by atoms with E-state index in [1.165, 1.54) is 18.7 Å². The Hall–Kier alpha value is -0.900. The van der Waals surface area contributed by atoms with Gasteiger partial charge in [-0.1, -0.05) is 13.8 Å². The number of nitrogens with one attached hydrogen (secondary N) is 1. The van der Waals surface area contributed by atoms with E-state index in [-0.39, 0.29) is 5.41 Å². The number of hydrogen-bond acceptors (Lipinski definition) is 3. The topological polar surface area (TPSA) is 42.7 Å². The van der Waals surface area contributed by atoms with Crippen LogP contribution in [0.1, 0.15) is 51.2 Å². The minimum absolute atomic E-state index is 0.249. The summed E-state index contributed by atoms with van der Waals surface area (Å²) in [6, 6.07) is 0. The predicted molar refractivity (Wildman–Crippen MR) is 69.1 cm³/mol. The third kappa shape index (κ3) is 2.37. The Labute approximate surface area is 104 Å². The molecular weight excluding hydrogens is 212 g/mol. The summed E-state index contributed by atoms with van der Waals surface area (Å²) in [6.07, 6.45) is 5.63. The van der Waals surface area contributed by atoms with Gasteiger partial charge in [-0.2, -0.15) is 5.10 Å². The van der Waals surface area contributed by atoms with Crippen LogP contribution in [0.15, 0.2) is 0 Å². The second-order valence-corrected chi connectivity index (χ2v) is 5.11. The van der Waals surface area contributed by atoms with Gasteiger partial charge >= 0.3 is 0 Å². The fourth-order valence-electron chi connectivity index (χ4n) is 2.87. The van der Waals surface area contributed by atoms with Crippen molar-refractivity contribution in [3.05, 3.63) is 11.6 Å². The number of nitrogens with zero attached hydrogens (tertiary/aromatic N) is 3. The molecule has 0 unspecified atom stereocenters. The standard InChI is InChI=1S/C13H24N4/c1-4-6-11-15-12(17(3)16-11)13(5-2)7-9-14-10-8-13/h14H,4-10H2,1-3H3. The lowest BCUT2D eigenvalue weighted by Crippen LogP contribution is -2.41. The van der Waals surface area contributed by atoms with Crippen LogP contribution in [0.2, 0.25) is 0 Å². The first-order chi connectivity index (χ1) is 8.22. The van der Waals surface area contributed by atoms with Crippen LogP contribution in [0.4, 0.5) is 0 Å². The normalized spacial score (nSPS) is 19.5. The zero-order valence-corrected chi connectivity index (χ0v) is 11.3. The van der Waals surface area contributed by atoms with Gasteiger partial charge in [-0.25, -0.2) is 4.98 Å². The molecule has 4 heteroatoms. The van der Waals surface area contributed by atoms with Crippen molar-refractivity contribution in [1.29, 1.82) is 0 Å². The molecular formula is C13H24N4. The number of aryl methyl sites for hydroxylation is 2. The fraction of sp³-hybridized carbons (Fsp3) is 0.846. The zero-order valence-electron chi connectivity index (χ0n) is 11.3. The lowest BCUT2D eigenvalue weighted by atomic mass is 9.76. The Balaban J connectivity index is 2.29. The van der Waals surface area contributed by atoms with E-state index in [1.807, 2.05) is 11.7 Å². The highest BCUT2D eigenvalue weighted by Gasteiger charge is 2.36. The molecule has 1 aliphatic rings. The van der Waals surface area contributed by atoms with Gasteiger partial charge in [0.1, 0.15) is 5.82 Å². The van der Waals surface area contributed by atoms with Crippen LogP contribution in [0.5, 0.6) is 0 Å². The molecule has 4 nitrogen and oxygen atoms in total. The molecule has 1 fully saturated rings. The third-order valence-electron chi connectivity index (χ3n) is 3.99. The lowest BCUT2D eigenvalue weighted by molar-refractivity contribution is 0.273. The highest BCUT2D eigenvalue weighted by atomic mass is 15.3. The molecule has 2 rings (SSSR count). The molecule has 0 atom stereocenters. The highest BCUT2D eigenvalue weighted by molar-refractivity contribution is 5.11. The molecule has 0 radical (unpaired) electrons. The second kappa shape index (κ2) is 5.17. The van der Waals surface area contributed by atoms with Gasteiger partial charge in [0.25, 0.3) is 0 Å². The van der Waals surface area contributed by atoms with E-state index in [9.17, 15) is 0 Å². The minimum atomic E-state index is 0.249. The van der Waals surface area contributed by atoms with E-state index < -0.39 is 0 Å². The summed E-state index contributed by atoms with van der Waals surface area (Å²) >= 11 is 0. The maximum atomic E-state index is 4.79. The number of piperidine rings is 1. The molecule has 1 aromatic heterocycles. The van der Waals surface area contributed by atoms with Crippen LogP contribution in [0, 0.1) is 0 Å². The maximum absolute atomic E-state index is 4.79. The Morgan fingerprint density at radius 3 is 2.59 bits per heavy atom. The molecule has 0 saturated carbocycles. The third-order valence-corrected chi connectivity index (χ3v) is 3.99. The van der Waals surface area contributed by atoms with Gasteiger partial charge in [-0.15, -0.1) is 0 Å². The van der Waals surface area contributed by atoms with Crippen LogP contribution in [0.25, 0.3) is 0 Å². The average molecular weight is 236 g/mol. The number of rotatable bonds is 4. The van der Waals surface area contributed by atoms with Crippen LogP contribution in [-0.2, 0) is 18.9 Å². The van der Waals surface area contributed by atoms with Gasteiger partial charge in [0, 0.05) is 18.9 Å². The van der Waals surface area contributed by atoms with Crippen molar-refractivity contribution >= 4 is 0 Å². The van der Waals surface area contributed by atoms with Crippen molar-refractivity contribution < 1.29 is 0 Å². The summed E-state index contributed by atoms with van der Waals surface area (Å²) in [5.74, 6) is 2.21. The van der Waals surface area contributed by atoms with E-state index in [0.29, 0.717) is 0 Å². The lowest BCUT2D eigenvalue weighted by Gasteiger charge is -2.35. The van der Waals surface area contributed by atoms with Gasteiger partial charge in [0.2, 0.25) is 0 Å². The smallest absolute Gasteiger partial charge is 0.150 e. The van der Waals surface area contributed by atoms with E-state index in [4.69, 9.17) is 4.98 Å².